The fourth-order valence-electron chi connectivity index (χ4n) is 2.56. The largest absolute Gasteiger partial charge is 0.380 e. The molecule has 1 amide bonds. The molecule has 0 radical (unpaired) electrons. The Balaban J connectivity index is 1.52. The minimum atomic E-state index is -0.655. The maximum atomic E-state index is 11.0. The minimum absolute atomic E-state index is 0.0446. The topological polar surface area (TPSA) is 94.5 Å². The van der Waals surface area contributed by atoms with Gasteiger partial charge in [0.05, 0.1) is 12.6 Å². The Morgan fingerprint density at radius 2 is 2.30 bits per heavy atom. The molecule has 1 aromatic rings. The summed E-state index contributed by atoms with van der Waals surface area (Å²) in [7, 11) is 0. The second-order valence-electron chi connectivity index (χ2n) is 5.53. The van der Waals surface area contributed by atoms with E-state index >= 15 is 0 Å². The molecule has 1 aromatic heterocycles. The second-order valence-corrected chi connectivity index (χ2v) is 5.53. The van der Waals surface area contributed by atoms with Gasteiger partial charge in [-0.1, -0.05) is 5.16 Å². The van der Waals surface area contributed by atoms with Gasteiger partial charge in [-0.2, -0.15) is 4.98 Å². The molecule has 1 saturated carbocycles. The van der Waals surface area contributed by atoms with E-state index in [-0.39, 0.29) is 11.9 Å². The summed E-state index contributed by atoms with van der Waals surface area (Å²) in [5.74, 6) is 0.575. The number of hydrogen-bond donors (Lipinski definition) is 1. The summed E-state index contributed by atoms with van der Waals surface area (Å²) in [4.78, 5) is 17.3. The average molecular weight is 280 g/mol. The van der Waals surface area contributed by atoms with Gasteiger partial charge in [-0.05, 0) is 38.1 Å². The Labute approximate surface area is 117 Å². The first kappa shape index (κ1) is 13.5. The predicted octanol–water partition coefficient (Wildman–Crippen LogP) is 0.732. The Morgan fingerprint density at radius 1 is 1.45 bits per heavy atom. The van der Waals surface area contributed by atoms with Crippen molar-refractivity contribution in [3.05, 3.63) is 11.7 Å². The van der Waals surface area contributed by atoms with E-state index in [0.717, 1.165) is 45.1 Å². The zero-order valence-corrected chi connectivity index (χ0v) is 11.5. The summed E-state index contributed by atoms with van der Waals surface area (Å²) in [6, 6.07) is 0.0834. The molecule has 2 heterocycles. The summed E-state index contributed by atoms with van der Waals surface area (Å²) in [6.45, 7) is 3.45. The van der Waals surface area contributed by atoms with Crippen molar-refractivity contribution in [3.8, 4) is 0 Å². The molecule has 0 aromatic carbocycles. The van der Waals surface area contributed by atoms with Crippen LogP contribution in [0.25, 0.3) is 0 Å². The number of carbonyl (C=O) groups excluding carboxylic acids is 1. The quantitative estimate of drug-likeness (QED) is 0.740. The highest BCUT2D eigenvalue weighted by atomic mass is 16.5. The van der Waals surface area contributed by atoms with Gasteiger partial charge in [0.15, 0.2) is 0 Å². The van der Waals surface area contributed by atoms with Crippen molar-refractivity contribution in [1.82, 2.24) is 15.0 Å². The highest BCUT2D eigenvalue weighted by Crippen LogP contribution is 2.31. The smallest absolute Gasteiger partial charge is 0.290 e. The Hall–Kier alpha value is -1.47. The number of hydrogen-bond acceptors (Lipinski definition) is 6. The number of ether oxygens (including phenoxy) is 1. The monoisotopic (exact) mass is 280 g/mol. The summed E-state index contributed by atoms with van der Waals surface area (Å²) in [5, 5.41) is 3.60. The fourth-order valence-corrected chi connectivity index (χ4v) is 2.56. The van der Waals surface area contributed by atoms with E-state index in [4.69, 9.17) is 15.0 Å². The zero-order valence-electron chi connectivity index (χ0n) is 11.5. The molecule has 1 aliphatic heterocycles. The number of aromatic nitrogens is 2. The van der Waals surface area contributed by atoms with Crippen LogP contribution in [0.5, 0.6) is 0 Å². The summed E-state index contributed by atoms with van der Waals surface area (Å²) >= 11 is 0. The maximum absolute atomic E-state index is 11.0. The SMILES string of the molecule is NC(=O)c1noc([C@H]2CCCN2CCOCC2CC2)n1. The first-order chi connectivity index (χ1) is 9.74. The lowest BCUT2D eigenvalue weighted by atomic mass is 10.2. The van der Waals surface area contributed by atoms with Gasteiger partial charge in [0.2, 0.25) is 5.89 Å². The van der Waals surface area contributed by atoms with E-state index in [1.54, 1.807) is 0 Å². The molecule has 20 heavy (non-hydrogen) atoms. The summed E-state index contributed by atoms with van der Waals surface area (Å²) in [6.07, 6.45) is 4.67. The molecule has 3 rings (SSSR count). The molecule has 0 spiro atoms. The van der Waals surface area contributed by atoms with Crippen LogP contribution in [-0.2, 0) is 4.74 Å². The number of rotatable bonds is 7. The van der Waals surface area contributed by atoms with Gasteiger partial charge in [0, 0.05) is 13.2 Å². The Bertz CT molecular complexity index is 472. The van der Waals surface area contributed by atoms with Crippen molar-refractivity contribution in [2.24, 2.45) is 11.7 Å². The average Bonchev–Trinajstić information content (AvgIpc) is 2.93. The van der Waals surface area contributed by atoms with Crippen LogP contribution in [0.1, 0.15) is 48.2 Å². The first-order valence-electron chi connectivity index (χ1n) is 7.19. The Morgan fingerprint density at radius 3 is 3.00 bits per heavy atom. The van der Waals surface area contributed by atoms with Gasteiger partial charge < -0.3 is 15.0 Å². The molecule has 2 N–H and O–H groups in total. The molecule has 7 heteroatoms. The summed E-state index contributed by atoms with van der Waals surface area (Å²) in [5.41, 5.74) is 5.14. The third-order valence-corrected chi connectivity index (χ3v) is 3.88. The van der Waals surface area contributed by atoms with Crippen molar-refractivity contribution >= 4 is 5.91 Å². The standard InChI is InChI=1S/C13H20N4O3/c14-11(18)12-15-13(20-16-12)10-2-1-5-17(10)6-7-19-8-9-3-4-9/h9-10H,1-8H2,(H2,14,18)/t10-/m1/s1. The van der Waals surface area contributed by atoms with Crippen molar-refractivity contribution < 1.29 is 14.1 Å². The maximum Gasteiger partial charge on any atom is 0.290 e. The highest BCUT2D eigenvalue weighted by Gasteiger charge is 2.31. The normalized spacial score (nSPS) is 23.3. The van der Waals surface area contributed by atoms with Crippen LogP contribution in [-0.4, -0.2) is 47.3 Å². The molecule has 2 fully saturated rings. The molecule has 7 nitrogen and oxygen atoms in total. The molecule has 0 unspecified atom stereocenters. The number of primary amides is 1. The molecule has 1 saturated heterocycles. The van der Waals surface area contributed by atoms with E-state index < -0.39 is 5.91 Å². The third kappa shape index (κ3) is 3.16. The number of nitrogens with two attached hydrogens (primary N) is 1. The predicted molar refractivity (Wildman–Crippen MR) is 69.9 cm³/mol. The number of carbonyl (C=O) groups is 1. The first-order valence-corrected chi connectivity index (χ1v) is 7.19. The second kappa shape index (κ2) is 5.88. The van der Waals surface area contributed by atoms with Crippen LogP contribution >= 0.6 is 0 Å². The third-order valence-electron chi connectivity index (χ3n) is 3.88. The number of amides is 1. The molecular weight excluding hydrogens is 260 g/mol. The molecular formula is C13H20N4O3. The lowest BCUT2D eigenvalue weighted by Crippen LogP contribution is -2.27. The lowest BCUT2D eigenvalue weighted by Gasteiger charge is -2.21. The van der Waals surface area contributed by atoms with Crippen LogP contribution in [0.4, 0.5) is 0 Å². The lowest BCUT2D eigenvalue weighted by molar-refractivity contribution is 0.0871. The summed E-state index contributed by atoms with van der Waals surface area (Å²) < 4.78 is 10.8. The molecule has 0 bridgehead atoms. The van der Waals surface area contributed by atoms with Crippen LogP contribution in [0, 0.1) is 5.92 Å². The van der Waals surface area contributed by atoms with Gasteiger partial charge in [-0.15, -0.1) is 0 Å². The molecule has 110 valence electrons. The van der Waals surface area contributed by atoms with Crippen LogP contribution in [0.2, 0.25) is 0 Å². The van der Waals surface area contributed by atoms with E-state index in [9.17, 15) is 4.79 Å². The molecule has 1 aliphatic carbocycles. The van der Waals surface area contributed by atoms with Crippen molar-refractivity contribution in [1.29, 1.82) is 0 Å². The van der Waals surface area contributed by atoms with E-state index in [2.05, 4.69) is 15.0 Å². The van der Waals surface area contributed by atoms with Crippen LogP contribution in [0.15, 0.2) is 4.52 Å². The number of nitrogens with zero attached hydrogens (tertiary/aromatic N) is 3. The van der Waals surface area contributed by atoms with Crippen molar-refractivity contribution in [2.45, 2.75) is 31.7 Å². The van der Waals surface area contributed by atoms with E-state index in [1.165, 1.54) is 12.8 Å². The van der Waals surface area contributed by atoms with Crippen molar-refractivity contribution in [3.63, 3.8) is 0 Å². The van der Waals surface area contributed by atoms with Gasteiger partial charge in [0.25, 0.3) is 11.7 Å². The van der Waals surface area contributed by atoms with Crippen molar-refractivity contribution in [2.75, 3.05) is 26.3 Å². The van der Waals surface area contributed by atoms with Gasteiger partial charge in [-0.3, -0.25) is 9.69 Å². The number of likely N-dealkylation sites (tertiary alicyclic amines) is 1. The van der Waals surface area contributed by atoms with Crippen LogP contribution in [0.3, 0.4) is 0 Å². The van der Waals surface area contributed by atoms with Gasteiger partial charge in [0.1, 0.15) is 0 Å². The van der Waals surface area contributed by atoms with E-state index in [1.807, 2.05) is 0 Å². The van der Waals surface area contributed by atoms with Crippen LogP contribution < -0.4 is 5.73 Å². The molecule has 2 aliphatic rings. The highest BCUT2D eigenvalue weighted by molar-refractivity contribution is 5.88. The minimum Gasteiger partial charge on any atom is -0.380 e. The van der Waals surface area contributed by atoms with Gasteiger partial charge >= 0.3 is 0 Å². The fraction of sp³-hybridized carbons (Fsp3) is 0.769. The van der Waals surface area contributed by atoms with E-state index in [0.29, 0.717) is 5.89 Å². The zero-order chi connectivity index (χ0) is 13.9. The Kier molecular flexibility index (Phi) is 3.98. The molecule has 1 atom stereocenters. The van der Waals surface area contributed by atoms with Gasteiger partial charge in [-0.25, -0.2) is 0 Å².